The van der Waals surface area contributed by atoms with Crippen LogP contribution < -0.4 is 48.9 Å². The topological polar surface area (TPSA) is 326 Å². The number of nitriles is 2. The Morgan fingerprint density at radius 3 is 1.49 bits per heavy atom. The molecule has 5 N–H and O–H groups in total. The Labute approximate surface area is 594 Å². The maximum atomic E-state index is 13.7. The van der Waals surface area contributed by atoms with E-state index in [4.69, 9.17) is 92.6 Å². The molecule has 4 unspecified atom stereocenters. The second-order valence-corrected chi connectivity index (χ2v) is 30.1. The molecule has 10 aliphatic rings. The number of methoxy groups -OCH3 is 2. The molecule has 4 aromatic rings. The first-order valence-electron chi connectivity index (χ1n) is 30.9. The first-order valence-corrected chi connectivity index (χ1v) is 34.2. The van der Waals surface area contributed by atoms with Gasteiger partial charge in [-0.3, -0.25) is 34.0 Å². The van der Waals surface area contributed by atoms with Crippen molar-refractivity contribution in [3.63, 3.8) is 0 Å². The molecule has 0 radical (unpaired) electrons. The summed E-state index contributed by atoms with van der Waals surface area (Å²) in [5.41, 5.74) is 14.8. The largest absolute Gasteiger partial charge is 0.504 e. The number of ether oxygens (including phenoxy) is 11. The number of alkyl carbamates (subject to hydrolysis) is 1. The van der Waals surface area contributed by atoms with Crippen molar-refractivity contribution in [2.24, 2.45) is 5.73 Å². The summed E-state index contributed by atoms with van der Waals surface area (Å²) in [4.78, 5) is 73.2. The Hall–Kier alpha value is -6.60. The molecular weight excluding hydrogens is 1420 g/mol. The van der Waals surface area contributed by atoms with Gasteiger partial charge in [-0.2, -0.15) is 10.5 Å². The molecule has 1 amide bonds. The van der Waals surface area contributed by atoms with Gasteiger partial charge in [0.05, 0.1) is 61.0 Å². The van der Waals surface area contributed by atoms with Gasteiger partial charge in [-0.05, 0) is 76.9 Å². The number of aryl methyl sites for hydroxylation is 2. The van der Waals surface area contributed by atoms with Crippen molar-refractivity contribution >= 4 is 88.3 Å². The molecule has 14 atom stereocenters. The molecule has 0 spiro atoms. The number of hydrogen-bond donors (Lipinski definition) is 4. The fraction of sp³-hybridized carbons (Fsp3) is 0.523. The first-order chi connectivity index (χ1) is 45.7. The number of halogens is 3. The zero-order chi connectivity index (χ0) is 68.6. The summed E-state index contributed by atoms with van der Waals surface area (Å²) in [5, 5.41) is 46.8. The second-order valence-electron chi connectivity index (χ2n) is 25.3. The van der Waals surface area contributed by atoms with E-state index in [1.807, 2.05) is 47.0 Å². The van der Waals surface area contributed by atoms with Crippen molar-refractivity contribution in [3.8, 4) is 69.6 Å². The number of aromatic hydroxyl groups is 2. The van der Waals surface area contributed by atoms with Crippen LogP contribution in [-0.4, -0.2) is 185 Å². The molecule has 10 aliphatic heterocycles. The monoisotopic (exact) mass is 1480 g/mol. The Morgan fingerprint density at radius 2 is 1.08 bits per heavy atom. The summed E-state index contributed by atoms with van der Waals surface area (Å²) in [7, 11) is 6.93. The molecule has 97 heavy (non-hydrogen) atoms. The summed E-state index contributed by atoms with van der Waals surface area (Å²) in [6.45, 7) is 8.90. The van der Waals surface area contributed by atoms with Crippen LogP contribution in [0.5, 0.6) is 57.5 Å². The number of hydrogen-bond acceptors (Lipinski definition) is 27. The molecule has 8 bridgehead atoms. The number of piperazine rings is 2. The SMILES string of the molecule is COc1c(C)cc2c(c1O)[C@@H]1C3[C@@H]4SCC(N)C(=O)OC[C@@H](c5c6c(c(C)c(OC(C)=O)c54)OCO6)N3[C@@H](C#N)[C@H](C2)N1C.COc1c(C)cc2c(c1O)[C@@H]1C3[C@@H]4SCC(NC(=O)OCC(Cl)(Cl)Cl)C(=O)OC[C@@H](c5c6c(c(C)c(OC(C)=O)c54)OCO6)N3[C@@H](C#N)[C@H](C2)N1C.[Zn]. The van der Waals surface area contributed by atoms with Gasteiger partial charge in [0.15, 0.2) is 46.0 Å². The minimum Gasteiger partial charge on any atom is -0.504 e. The van der Waals surface area contributed by atoms with Gasteiger partial charge in [0.25, 0.3) is 0 Å². The number of rotatable bonds is 6. The van der Waals surface area contributed by atoms with Crippen LogP contribution in [0.4, 0.5) is 4.79 Å². The van der Waals surface area contributed by atoms with Crippen molar-refractivity contribution in [2.75, 3.05) is 73.2 Å². The van der Waals surface area contributed by atoms with E-state index in [1.54, 1.807) is 6.92 Å². The van der Waals surface area contributed by atoms with Gasteiger partial charge >= 0.3 is 30.0 Å². The third-order valence-corrected chi connectivity index (χ3v) is 23.2. The fourth-order valence-corrected chi connectivity index (χ4v) is 19.5. The normalized spacial score (nSPS) is 28.6. The quantitative estimate of drug-likeness (QED) is 0.0485. The van der Waals surface area contributed by atoms with Gasteiger partial charge in [-0.15, -0.1) is 23.5 Å². The van der Waals surface area contributed by atoms with Crippen molar-refractivity contribution in [2.45, 2.75) is 141 Å². The third kappa shape index (κ3) is 11.5. The smallest absolute Gasteiger partial charge is 0.408 e. The van der Waals surface area contributed by atoms with Crippen LogP contribution >= 0.6 is 58.3 Å². The number of esters is 4. The summed E-state index contributed by atoms with van der Waals surface area (Å²) < 4.78 is 62.2. The van der Waals surface area contributed by atoms with Crippen LogP contribution in [0.25, 0.3) is 0 Å². The zero-order valence-electron chi connectivity index (χ0n) is 54.4. The van der Waals surface area contributed by atoms with E-state index in [0.29, 0.717) is 86.5 Å². The van der Waals surface area contributed by atoms with Crippen LogP contribution in [-0.2, 0) is 65.7 Å². The van der Waals surface area contributed by atoms with Crippen molar-refractivity contribution < 1.29 is 106 Å². The number of likely N-dealkylation sites (N-methyl/N-ethyl adjacent to an activating group) is 2. The zero-order valence-corrected chi connectivity index (χ0v) is 61.3. The van der Waals surface area contributed by atoms with Gasteiger partial charge in [0, 0.05) is 114 Å². The molecule has 14 rings (SSSR count). The number of carbonyl (C=O) groups excluding carboxylic acids is 5. The van der Waals surface area contributed by atoms with E-state index in [9.17, 15) is 44.7 Å². The number of carbonyl (C=O) groups is 5. The summed E-state index contributed by atoms with van der Waals surface area (Å²) in [6, 6.07) is 1.67. The number of thioether (sulfide) groups is 2. The molecule has 0 aliphatic carbocycles. The maximum absolute atomic E-state index is 13.7. The molecule has 32 heteroatoms. The number of nitrogens with one attached hydrogen (secondary N) is 1. The average molecular weight is 1490 g/mol. The summed E-state index contributed by atoms with van der Waals surface area (Å²) in [5.74, 6) is 0.945. The molecule has 26 nitrogen and oxygen atoms in total. The van der Waals surface area contributed by atoms with Gasteiger partial charge in [0.2, 0.25) is 17.4 Å². The molecule has 512 valence electrons. The Morgan fingerprint density at radius 1 is 0.660 bits per heavy atom. The fourth-order valence-electron chi connectivity index (χ4n) is 16.4. The van der Waals surface area contributed by atoms with Gasteiger partial charge in [-0.25, -0.2) is 9.59 Å². The standard InChI is InChI=1S/C34H35Cl3N4O10S.C31H34N4O8S.Zn/c1-13-6-16-7-18-19(8-38)41-20-9-47-32(44)17(39-33(45)48-11-34(35,36)37)10-52-31(25(41)24(40(18)4)21(16)26(43)27(13)46-5)23-22(20)30-29(49-12-50-30)14(2)28(23)51-15(3)42;1-12-6-15-7-17-18(8-32)35-19-9-40-31(38)16(33)10-44-30(24(35)23(34(17)4)20(15)25(37)26(12)39-5)22-21(19)29-28(41-11-42-29)13(2)27(22)43-14(3)36;/h6,17-20,24-25,31,43H,7,9-12H2,1-5H3,(H,39,45);6,16-19,23-24,30,37H,7,9-11,33H2,1-5H3;/t17?,18-,19-,20-,24+,25?,31+;16?,17-,18-,19-,23+,24?,30+;/m00./s1. The number of benzene rings is 4. The Bertz CT molecular complexity index is 4060. The number of phenolic OH excluding ortho intramolecular Hbond substituents is 2. The minimum absolute atomic E-state index is 0. The average Bonchev–Trinajstić information content (AvgIpc) is 1.31. The van der Waals surface area contributed by atoms with Crippen LogP contribution in [0.2, 0.25) is 0 Å². The van der Waals surface area contributed by atoms with Gasteiger partial charge in [-0.1, -0.05) is 46.9 Å². The molecule has 10 heterocycles. The molecular formula is C65H69Cl3N8O18S2Zn. The van der Waals surface area contributed by atoms with E-state index in [0.717, 1.165) is 33.4 Å². The van der Waals surface area contributed by atoms with E-state index in [1.165, 1.54) is 51.6 Å². The molecule has 4 aromatic carbocycles. The summed E-state index contributed by atoms with van der Waals surface area (Å²) >= 11 is 20.0. The van der Waals surface area contributed by atoms with Crippen LogP contribution in [0.3, 0.4) is 0 Å². The van der Waals surface area contributed by atoms with Gasteiger partial charge < -0.3 is 73.4 Å². The summed E-state index contributed by atoms with van der Waals surface area (Å²) in [6.07, 6.45) is -0.0307. The first kappa shape index (κ1) is 70.3. The van der Waals surface area contributed by atoms with E-state index in [2.05, 4.69) is 37.1 Å². The van der Waals surface area contributed by atoms with E-state index >= 15 is 0 Å². The Balaban J connectivity index is 0.000000185. The number of amides is 1. The molecule has 0 aromatic heterocycles. The molecule has 4 saturated heterocycles. The van der Waals surface area contributed by atoms with Crippen LogP contribution in [0.15, 0.2) is 12.1 Å². The van der Waals surface area contributed by atoms with Crippen LogP contribution in [0, 0.1) is 50.4 Å². The number of alkyl halides is 3. The minimum atomic E-state index is -1.88. The van der Waals surface area contributed by atoms with Crippen LogP contribution in [0.1, 0.15) is 115 Å². The Kier molecular flexibility index (Phi) is 19.4. The molecule has 0 saturated carbocycles. The number of nitrogens with two attached hydrogens (primary N) is 1. The van der Waals surface area contributed by atoms with Crippen molar-refractivity contribution in [3.05, 3.63) is 78.9 Å². The maximum Gasteiger partial charge on any atom is 0.408 e. The third-order valence-electron chi connectivity index (χ3n) is 20.0. The molecule has 4 fully saturated rings. The van der Waals surface area contributed by atoms with E-state index in [-0.39, 0.29) is 87.1 Å². The van der Waals surface area contributed by atoms with Crippen molar-refractivity contribution in [1.29, 1.82) is 10.5 Å². The second kappa shape index (κ2) is 26.8. The number of fused-ring (bicyclic) bond motifs is 18. The van der Waals surface area contributed by atoms with Gasteiger partial charge in [0.1, 0.15) is 55.5 Å². The number of phenols is 2. The number of nitrogens with zero attached hydrogens (tertiary/aromatic N) is 6. The van der Waals surface area contributed by atoms with Crippen molar-refractivity contribution in [1.82, 2.24) is 24.9 Å². The van der Waals surface area contributed by atoms with E-state index < -0.39 is 111 Å². The predicted octanol–water partition coefficient (Wildman–Crippen LogP) is 7.25. The predicted molar refractivity (Wildman–Crippen MR) is 346 cm³/mol. The number of cyclic esters (lactones) is 2.